The van der Waals surface area contributed by atoms with Crippen LogP contribution in [-0.4, -0.2) is 14.9 Å². The number of aromatic nitrogens is 2. The topological polar surface area (TPSA) is 38.0 Å². The van der Waals surface area contributed by atoms with Gasteiger partial charge in [0, 0.05) is 23.9 Å². The van der Waals surface area contributed by atoms with E-state index in [4.69, 9.17) is 5.11 Å². The molecule has 2 aromatic rings. The van der Waals surface area contributed by atoms with E-state index in [9.17, 15) is 4.39 Å². The minimum Gasteiger partial charge on any atom is -0.392 e. The van der Waals surface area contributed by atoms with Crippen LogP contribution in [0.1, 0.15) is 18.2 Å². The highest BCUT2D eigenvalue weighted by atomic mass is 19.1. The lowest BCUT2D eigenvalue weighted by atomic mass is 10.0. The van der Waals surface area contributed by atoms with Gasteiger partial charge in [-0.05, 0) is 31.5 Å². The van der Waals surface area contributed by atoms with Crippen LogP contribution in [-0.2, 0) is 13.2 Å². The first-order chi connectivity index (χ1) is 8.15. The third-order valence-electron chi connectivity index (χ3n) is 2.80. The van der Waals surface area contributed by atoms with Gasteiger partial charge in [-0.25, -0.2) is 4.39 Å². The Morgan fingerprint density at radius 3 is 2.76 bits per heavy atom. The maximum Gasteiger partial charge on any atom is 0.128 e. The van der Waals surface area contributed by atoms with E-state index in [2.05, 4.69) is 5.10 Å². The number of rotatable bonds is 3. The molecule has 90 valence electrons. The van der Waals surface area contributed by atoms with Gasteiger partial charge < -0.3 is 5.11 Å². The molecule has 0 bridgehead atoms. The van der Waals surface area contributed by atoms with E-state index in [1.807, 2.05) is 24.7 Å². The van der Waals surface area contributed by atoms with Gasteiger partial charge >= 0.3 is 0 Å². The molecule has 3 nitrogen and oxygen atoms in total. The maximum atomic E-state index is 13.3. The third-order valence-corrected chi connectivity index (χ3v) is 2.80. The SMILES string of the molecule is CCn1cc(-c2ccc(F)c(CO)c2)c(C)n1. The van der Waals surface area contributed by atoms with Crippen LogP contribution in [0.15, 0.2) is 24.4 Å². The second-order valence-electron chi connectivity index (χ2n) is 3.95. The van der Waals surface area contributed by atoms with Gasteiger partial charge in [-0.3, -0.25) is 4.68 Å². The minimum atomic E-state index is -0.378. The Morgan fingerprint density at radius 2 is 2.18 bits per heavy atom. The van der Waals surface area contributed by atoms with Crippen LogP contribution < -0.4 is 0 Å². The van der Waals surface area contributed by atoms with Crippen molar-refractivity contribution in [2.75, 3.05) is 0 Å². The Bertz CT molecular complexity index is 534. The number of nitrogens with zero attached hydrogens (tertiary/aromatic N) is 2. The van der Waals surface area contributed by atoms with Crippen molar-refractivity contribution in [1.29, 1.82) is 0 Å². The molecule has 0 radical (unpaired) electrons. The van der Waals surface area contributed by atoms with Crippen LogP contribution in [0, 0.1) is 12.7 Å². The molecular weight excluding hydrogens is 219 g/mol. The predicted octanol–water partition coefficient (Wildman–Crippen LogP) is 2.51. The molecule has 1 aromatic carbocycles. The molecular formula is C13H15FN2O. The highest BCUT2D eigenvalue weighted by molar-refractivity contribution is 5.65. The highest BCUT2D eigenvalue weighted by Gasteiger charge is 2.09. The van der Waals surface area contributed by atoms with Crippen molar-refractivity contribution in [3.05, 3.63) is 41.5 Å². The first-order valence-electron chi connectivity index (χ1n) is 5.59. The molecule has 0 fully saturated rings. The van der Waals surface area contributed by atoms with Crippen molar-refractivity contribution >= 4 is 0 Å². The van der Waals surface area contributed by atoms with Crippen LogP contribution in [0.3, 0.4) is 0 Å². The van der Waals surface area contributed by atoms with E-state index in [1.165, 1.54) is 6.07 Å². The van der Waals surface area contributed by atoms with Crippen molar-refractivity contribution in [2.24, 2.45) is 0 Å². The lowest BCUT2D eigenvalue weighted by molar-refractivity contribution is 0.276. The van der Waals surface area contributed by atoms with Gasteiger partial charge in [0.1, 0.15) is 5.82 Å². The molecule has 4 heteroatoms. The van der Waals surface area contributed by atoms with Crippen LogP contribution in [0.25, 0.3) is 11.1 Å². The molecule has 0 aliphatic carbocycles. The second-order valence-corrected chi connectivity index (χ2v) is 3.95. The van der Waals surface area contributed by atoms with Crippen molar-refractivity contribution in [1.82, 2.24) is 9.78 Å². The van der Waals surface area contributed by atoms with Crippen LogP contribution in [0.4, 0.5) is 4.39 Å². The van der Waals surface area contributed by atoms with E-state index in [-0.39, 0.29) is 12.4 Å². The molecule has 1 heterocycles. The molecule has 0 aliphatic rings. The summed E-state index contributed by atoms with van der Waals surface area (Å²) in [7, 11) is 0. The second kappa shape index (κ2) is 4.67. The zero-order valence-corrected chi connectivity index (χ0v) is 9.94. The van der Waals surface area contributed by atoms with Crippen molar-refractivity contribution in [2.45, 2.75) is 27.0 Å². The number of benzene rings is 1. The summed E-state index contributed by atoms with van der Waals surface area (Å²) in [5, 5.41) is 13.4. The first-order valence-corrected chi connectivity index (χ1v) is 5.59. The standard InChI is InChI=1S/C13H15FN2O/c1-3-16-7-12(9(2)15-16)10-4-5-13(14)11(6-10)8-17/h4-7,17H,3,8H2,1-2H3. The van der Waals surface area contributed by atoms with Crippen molar-refractivity contribution < 1.29 is 9.50 Å². The van der Waals surface area contributed by atoms with Crippen molar-refractivity contribution in [3.8, 4) is 11.1 Å². The van der Waals surface area contributed by atoms with Gasteiger partial charge in [0.25, 0.3) is 0 Å². The van der Waals surface area contributed by atoms with E-state index in [1.54, 1.807) is 12.1 Å². The van der Waals surface area contributed by atoms with Gasteiger partial charge in [-0.1, -0.05) is 6.07 Å². The summed E-state index contributed by atoms with van der Waals surface area (Å²) in [6.45, 7) is 4.44. The summed E-state index contributed by atoms with van der Waals surface area (Å²) in [5.41, 5.74) is 3.07. The zero-order chi connectivity index (χ0) is 12.4. The Hall–Kier alpha value is -1.68. The number of aryl methyl sites for hydroxylation is 2. The largest absolute Gasteiger partial charge is 0.392 e. The quantitative estimate of drug-likeness (QED) is 0.886. The van der Waals surface area contributed by atoms with Crippen molar-refractivity contribution in [3.63, 3.8) is 0 Å². The molecule has 2 rings (SSSR count). The minimum absolute atomic E-state index is 0.291. The molecule has 0 amide bonds. The van der Waals surface area contributed by atoms with Gasteiger partial charge in [0.2, 0.25) is 0 Å². The molecule has 0 unspecified atom stereocenters. The lowest BCUT2D eigenvalue weighted by Crippen LogP contribution is -1.93. The molecule has 0 saturated heterocycles. The fourth-order valence-corrected chi connectivity index (χ4v) is 1.83. The normalized spacial score (nSPS) is 10.8. The molecule has 0 aliphatic heterocycles. The monoisotopic (exact) mass is 234 g/mol. The average Bonchev–Trinajstić information content (AvgIpc) is 2.71. The number of hydrogen-bond donors (Lipinski definition) is 1. The number of halogens is 1. The predicted molar refractivity (Wildman–Crippen MR) is 64.0 cm³/mol. The van der Waals surface area contributed by atoms with Gasteiger partial charge in [-0.2, -0.15) is 5.10 Å². The molecule has 0 saturated carbocycles. The summed E-state index contributed by atoms with van der Waals surface area (Å²) in [6, 6.07) is 4.75. The smallest absolute Gasteiger partial charge is 0.128 e. The van der Waals surface area contributed by atoms with Crippen LogP contribution >= 0.6 is 0 Å². The molecule has 1 aromatic heterocycles. The number of aliphatic hydroxyl groups is 1. The number of hydrogen-bond acceptors (Lipinski definition) is 2. The third kappa shape index (κ3) is 2.22. The molecule has 1 N–H and O–H groups in total. The Labute approximate surface area is 99.5 Å². The Kier molecular flexibility index (Phi) is 3.24. The van der Waals surface area contributed by atoms with E-state index >= 15 is 0 Å². The maximum absolute atomic E-state index is 13.3. The lowest BCUT2D eigenvalue weighted by Gasteiger charge is -2.03. The summed E-state index contributed by atoms with van der Waals surface area (Å²) in [6.07, 6.45) is 1.93. The Balaban J connectivity index is 2.48. The van der Waals surface area contributed by atoms with Crippen LogP contribution in [0.2, 0.25) is 0 Å². The van der Waals surface area contributed by atoms with Gasteiger partial charge in [0.15, 0.2) is 0 Å². The summed E-state index contributed by atoms with van der Waals surface area (Å²) < 4.78 is 15.1. The molecule has 0 atom stereocenters. The van der Waals surface area contributed by atoms with E-state index in [0.29, 0.717) is 5.56 Å². The van der Waals surface area contributed by atoms with Gasteiger partial charge in [-0.15, -0.1) is 0 Å². The molecule has 0 spiro atoms. The summed E-state index contributed by atoms with van der Waals surface area (Å²) in [5.74, 6) is -0.378. The van der Waals surface area contributed by atoms with Crippen LogP contribution in [0.5, 0.6) is 0 Å². The fourth-order valence-electron chi connectivity index (χ4n) is 1.83. The summed E-state index contributed by atoms with van der Waals surface area (Å²) >= 11 is 0. The first kappa shape index (κ1) is 11.8. The Morgan fingerprint density at radius 1 is 1.41 bits per heavy atom. The highest BCUT2D eigenvalue weighted by Crippen LogP contribution is 2.24. The fraction of sp³-hybridized carbons (Fsp3) is 0.308. The average molecular weight is 234 g/mol. The molecule has 17 heavy (non-hydrogen) atoms. The van der Waals surface area contributed by atoms with Gasteiger partial charge in [0.05, 0.1) is 12.3 Å². The number of aliphatic hydroxyl groups excluding tert-OH is 1. The summed E-state index contributed by atoms with van der Waals surface area (Å²) in [4.78, 5) is 0. The van der Waals surface area contributed by atoms with E-state index in [0.717, 1.165) is 23.4 Å². The van der Waals surface area contributed by atoms with E-state index < -0.39 is 0 Å². The zero-order valence-electron chi connectivity index (χ0n) is 9.94.